The lowest BCUT2D eigenvalue weighted by molar-refractivity contribution is -0.120. The van der Waals surface area contributed by atoms with Crippen LogP contribution in [0.15, 0.2) is 24.3 Å². The van der Waals surface area contributed by atoms with Crippen LogP contribution in [0.4, 0.5) is 5.69 Å². The second kappa shape index (κ2) is 7.45. The van der Waals surface area contributed by atoms with Crippen molar-refractivity contribution in [2.75, 3.05) is 37.7 Å². The van der Waals surface area contributed by atoms with Gasteiger partial charge in [-0.05, 0) is 24.3 Å². The van der Waals surface area contributed by atoms with Gasteiger partial charge in [0.2, 0.25) is 5.91 Å². The molecule has 0 spiro atoms. The molecule has 0 aliphatic carbocycles. The average Bonchev–Trinajstić information content (AvgIpc) is 2.53. The highest BCUT2D eigenvalue weighted by Gasteiger charge is 2.30. The van der Waals surface area contributed by atoms with Crippen LogP contribution in [-0.2, 0) is 15.0 Å². The van der Waals surface area contributed by atoms with Crippen LogP contribution in [0, 0.1) is 0 Å². The number of nitrogens with one attached hydrogen (secondary N) is 1. The molecule has 0 aromatic heterocycles. The summed E-state index contributed by atoms with van der Waals surface area (Å²) < 4.78 is 27.8. The number of rotatable bonds is 6. The number of primary amides is 1. The summed E-state index contributed by atoms with van der Waals surface area (Å²) in [4.78, 5) is 13.1. The van der Waals surface area contributed by atoms with Crippen molar-refractivity contribution in [3.05, 3.63) is 29.3 Å². The van der Waals surface area contributed by atoms with Gasteiger partial charge < -0.3 is 15.7 Å². The van der Waals surface area contributed by atoms with Crippen molar-refractivity contribution in [1.82, 2.24) is 9.03 Å². The smallest absolute Gasteiger partial charge is 0.280 e. The highest BCUT2D eigenvalue weighted by Crippen LogP contribution is 2.20. The number of carbonyl (C=O) groups is 1. The lowest BCUT2D eigenvalue weighted by Gasteiger charge is -2.35. The van der Waals surface area contributed by atoms with Gasteiger partial charge in [-0.2, -0.15) is 17.4 Å². The Kier molecular flexibility index (Phi) is 5.82. The molecule has 1 fully saturated rings. The third-order valence-electron chi connectivity index (χ3n) is 3.59. The number of amides is 1. The number of piperazine rings is 1. The normalized spacial score (nSPS) is 17.9. The highest BCUT2D eigenvalue weighted by molar-refractivity contribution is 7.87. The van der Waals surface area contributed by atoms with Crippen molar-refractivity contribution >= 4 is 33.4 Å². The number of hydrogen-bond acceptors (Lipinski definition) is 5. The summed E-state index contributed by atoms with van der Waals surface area (Å²) in [5, 5.41) is 9.65. The van der Waals surface area contributed by atoms with Crippen LogP contribution in [0.5, 0.6) is 0 Å². The van der Waals surface area contributed by atoms with Crippen LogP contribution in [0.25, 0.3) is 0 Å². The van der Waals surface area contributed by atoms with Gasteiger partial charge in [-0.1, -0.05) is 11.6 Å². The number of anilines is 1. The Bertz CT molecular complexity index is 644. The first-order valence-corrected chi connectivity index (χ1v) is 8.83. The van der Waals surface area contributed by atoms with Gasteiger partial charge in [0, 0.05) is 36.9 Å². The molecule has 10 heteroatoms. The molecule has 1 amide bonds. The second-order valence-electron chi connectivity index (χ2n) is 5.12. The fourth-order valence-electron chi connectivity index (χ4n) is 2.28. The zero-order valence-electron chi connectivity index (χ0n) is 12.4. The Morgan fingerprint density at radius 1 is 1.26 bits per heavy atom. The number of halogens is 1. The van der Waals surface area contributed by atoms with Crippen molar-refractivity contribution in [3.63, 3.8) is 0 Å². The summed E-state index contributed by atoms with van der Waals surface area (Å²) in [6.07, 6.45) is 0. The standard InChI is InChI=1S/C13H19ClN4O4S/c14-10-1-3-11(4-2-10)17-5-7-18(8-6-17)23(21,22)16-12(9-19)13(15)20/h1-4,12,16,19H,5-9H2,(H2,15,20). The summed E-state index contributed by atoms with van der Waals surface area (Å²) in [5.74, 6) is -0.920. The molecular weight excluding hydrogens is 344 g/mol. The first-order chi connectivity index (χ1) is 10.8. The molecule has 1 atom stereocenters. The Balaban J connectivity index is 1.97. The summed E-state index contributed by atoms with van der Waals surface area (Å²) in [5.41, 5.74) is 5.99. The molecule has 4 N–H and O–H groups in total. The predicted molar refractivity (Wildman–Crippen MR) is 87.4 cm³/mol. The fourth-order valence-corrected chi connectivity index (χ4v) is 3.75. The van der Waals surface area contributed by atoms with Crippen LogP contribution in [0.1, 0.15) is 0 Å². The van der Waals surface area contributed by atoms with E-state index in [1.54, 1.807) is 12.1 Å². The SMILES string of the molecule is NC(=O)C(CO)NS(=O)(=O)N1CCN(c2ccc(Cl)cc2)CC1. The molecule has 1 aliphatic heterocycles. The maximum atomic E-state index is 12.2. The molecular formula is C13H19ClN4O4S. The predicted octanol–water partition coefficient (Wildman–Crippen LogP) is -0.857. The lowest BCUT2D eigenvalue weighted by atomic mass is 10.2. The van der Waals surface area contributed by atoms with Gasteiger partial charge in [0.05, 0.1) is 6.61 Å². The lowest BCUT2D eigenvalue weighted by Crippen LogP contribution is -2.56. The number of nitrogens with zero attached hydrogens (tertiary/aromatic N) is 2. The van der Waals surface area contributed by atoms with Crippen LogP contribution in [-0.4, -0.2) is 62.6 Å². The summed E-state index contributed by atoms with van der Waals surface area (Å²) >= 11 is 5.85. The first-order valence-electron chi connectivity index (χ1n) is 7.01. The molecule has 0 radical (unpaired) electrons. The van der Waals surface area contributed by atoms with Crippen molar-refractivity contribution in [2.45, 2.75) is 6.04 Å². The van der Waals surface area contributed by atoms with Gasteiger partial charge in [0.1, 0.15) is 6.04 Å². The molecule has 1 aliphatic rings. The molecule has 8 nitrogen and oxygen atoms in total. The minimum absolute atomic E-state index is 0.259. The van der Waals surface area contributed by atoms with Crippen molar-refractivity contribution < 1.29 is 18.3 Å². The van der Waals surface area contributed by atoms with E-state index in [2.05, 4.69) is 4.72 Å². The molecule has 2 rings (SSSR count). The number of aliphatic hydroxyl groups is 1. The van der Waals surface area contributed by atoms with E-state index in [9.17, 15) is 13.2 Å². The van der Waals surface area contributed by atoms with Gasteiger partial charge >= 0.3 is 0 Å². The van der Waals surface area contributed by atoms with E-state index in [-0.39, 0.29) is 13.1 Å². The van der Waals surface area contributed by atoms with Gasteiger partial charge in [0.15, 0.2) is 0 Å². The Labute approximate surface area is 140 Å². The Hall–Kier alpha value is -1.39. The van der Waals surface area contributed by atoms with Crippen LogP contribution in [0.2, 0.25) is 5.02 Å². The Morgan fingerprint density at radius 2 is 1.83 bits per heavy atom. The van der Waals surface area contributed by atoms with Crippen LogP contribution < -0.4 is 15.4 Å². The number of hydrogen-bond donors (Lipinski definition) is 3. The molecule has 0 bridgehead atoms. The second-order valence-corrected chi connectivity index (χ2v) is 7.26. The molecule has 23 heavy (non-hydrogen) atoms. The minimum Gasteiger partial charge on any atom is -0.394 e. The number of carbonyl (C=O) groups excluding carboxylic acids is 1. The van der Waals surface area contributed by atoms with E-state index in [1.807, 2.05) is 17.0 Å². The van der Waals surface area contributed by atoms with Gasteiger partial charge in [-0.25, -0.2) is 0 Å². The van der Waals surface area contributed by atoms with Gasteiger partial charge in [-0.15, -0.1) is 0 Å². The van der Waals surface area contributed by atoms with E-state index >= 15 is 0 Å². The van der Waals surface area contributed by atoms with Crippen molar-refractivity contribution in [2.24, 2.45) is 5.73 Å². The van der Waals surface area contributed by atoms with E-state index in [0.717, 1.165) is 5.69 Å². The fraction of sp³-hybridized carbons (Fsp3) is 0.462. The minimum atomic E-state index is -3.88. The maximum absolute atomic E-state index is 12.2. The third-order valence-corrected chi connectivity index (χ3v) is 5.47. The first kappa shape index (κ1) is 18.0. The van der Waals surface area contributed by atoms with Crippen LogP contribution >= 0.6 is 11.6 Å². The van der Waals surface area contributed by atoms with E-state index in [4.69, 9.17) is 22.4 Å². The topological polar surface area (TPSA) is 116 Å². The quantitative estimate of drug-likeness (QED) is 0.609. The summed E-state index contributed by atoms with van der Waals surface area (Å²) in [7, 11) is -3.88. The monoisotopic (exact) mass is 362 g/mol. The number of aliphatic hydroxyl groups excluding tert-OH is 1. The van der Waals surface area contributed by atoms with Crippen molar-refractivity contribution in [1.29, 1.82) is 0 Å². The molecule has 128 valence electrons. The van der Waals surface area contributed by atoms with Crippen LogP contribution in [0.3, 0.4) is 0 Å². The molecule has 1 aromatic carbocycles. The zero-order chi connectivity index (χ0) is 17.0. The highest BCUT2D eigenvalue weighted by atomic mass is 35.5. The van der Waals surface area contributed by atoms with Crippen molar-refractivity contribution in [3.8, 4) is 0 Å². The summed E-state index contributed by atoms with van der Waals surface area (Å²) in [6, 6.07) is 5.98. The van der Waals surface area contributed by atoms with Gasteiger partial charge in [-0.3, -0.25) is 4.79 Å². The van der Waals surface area contributed by atoms with E-state index in [1.165, 1.54) is 4.31 Å². The Morgan fingerprint density at radius 3 is 2.30 bits per heavy atom. The molecule has 1 aromatic rings. The third kappa shape index (κ3) is 4.55. The largest absolute Gasteiger partial charge is 0.394 e. The zero-order valence-corrected chi connectivity index (χ0v) is 13.9. The summed E-state index contributed by atoms with van der Waals surface area (Å²) in [6.45, 7) is 0.842. The molecule has 1 saturated heterocycles. The molecule has 0 saturated carbocycles. The number of nitrogens with two attached hydrogens (primary N) is 1. The average molecular weight is 363 g/mol. The molecule has 1 heterocycles. The maximum Gasteiger partial charge on any atom is 0.280 e. The van der Waals surface area contributed by atoms with Gasteiger partial charge in [0.25, 0.3) is 10.2 Å². The molecule has 1 unspecified atom stereocenters. The van der Waals surface area contributed by atoms with E-state index in [0.29, 0.717) is 18.1 Å². The number of benzene rings is 1. The van der Waals surface area contributed by atoms with E-state index < -0.39 is 28.8 Å².